The standard InChI is InChI=1S/C11H12BrF2NO3S/c1-11(2,12)9(16)15-7-3-5-8(6-4-7)19(17,18)10(13)14/h3-6,10H,1-2H3,(H,15,16). The third-order valence-corrected chi connectivity index (χ3v) is 3.97. The number of hydrogen-bond donors (Lipinski definition) is 1. The lowest BCUT2D eigenvalue weighted by Gasteiger charge is -2.15. The molecular formula is C11H12BrF2NO3S. The third-order valence-electron chi connectivity index (χ3n) is 2.22. The molecule has 0 bridgehead atoms. The van der Waals surface area contributed by atoms with E-state index in [4.69, 9.17) is 0 Å². The van der Waals surface area contributed by atoms with Gasteiger partial charge in [-0.15, -0.1) is 0 Å². The van der Waals surface area contributed by atoms with Crippen molar-refractivity contribution in [2.45, 2.75) is 28.8 Å². The molecular weight excluding hydrogens is 344 g/mol. The lowest BCUT2D eigenvalue weighted by atomic mass is 10.2. The van der Waals surface area contributed by atoms with Gasteiger partial charge in [-0.25, -0.2) is 8.42 Å². The number of alkyl halides is 3. The monoisotopic (exact) mass is 355 g/mol. The number of carbonyl (C=O) groups excluding carboxylic acids is 1. The first-order chi connectivity index (χ1) is 8.55. The van der Waals surface area contributed by atoms with E-state index in [0.29, 0.717) is 5.69 Å². The average molecular weight is 356 g/mol. The van der Waals surface area contributed by atoms with Crippen molar-refractivity contribution in [2.24, 2.45) is 0 Å². The number of rotatable bonds is 4. The zero-order chi connectivity index (χ0) is 14.8. The number of carbonyl (C=O) groups is 1. The molecule has 1 aromatic carbocycles. The van der Waals surface area contributed by atoms with Gasteiger partial charge >= 0.3 is 5.76 Å². The predicted molar refractivity (Wildman–Crippen MR) is 71.3 cm³/mol. The van der Waals surface area contributed by atoms with Crippen LogP contribution < -0.4 is 5.32 Å². The highest BCUT2D eigenvalue weighted by atomic mass is 79.9. The van der Waals surface area contributed by atoms with Gasteiger partial charge in [0, 0.05) is 5.69 Å². The van der Waals surface area contributed by atoms with Crippen molar-refractivity contribution in [1.82, 2.24) is 0 Å². The smallest absolute Gasteiger partial charge is 0.325 e. The van der Waals surface area contributed by atoms with Crippen LogP contribution >= 0.6 is 15.9 Å². The van der Waals surface area contributed by atoms with E-state index in [1.54, 1.807) is 13.8 Å². The molecule has 0 saturated carbocycles. The Labute approximate surface area is 118 Å². The van der Waals surface area contributed by atoms with E-state index in [2.05, 4.69) is 21.2 Å². The minimum atomic E-state index is -4.61. The van der Waals surface area contributed by atoms with E-state index in [1.807, 2.05) is 0 Å². The summed E-state index contributed by atoms with van der Waals surface area (Å²) in [6, 6.07) is 4.56. The van der Waals surface area contributed by atoms with E-state index < -0.39 is 24.8 Å². The first kappa shape index (κ1) is 16.0. The molecule has 0 aliphatic heterocycles. The van der Waals surface area contributed by atoms with Crippen LogP contribution in [0.2, 0.25) is 0 Å². The second kappa shape index (κ2) is 5.54. The van der Waals surface area contributed by atoms with Crippen LogP contribution in [-0.2, 0) is 14.6 Å². The SMILES string of the molecule is CC(C)(Br)C(=O)Nc1ccc(S(=O)(=O)C(F)F)cc1. The number of benzene rings is 1. The van der Waals surface area contributed by atoms with E-state index in [-0.39, 0.29) is 5.91 Å². The zero-order valence-corrected chi connectivity index (χ0v) is 12.6. The van der Waals surface area contributed by atoms with Crippen molar-refractivity contribution < 1.29 is 22.0 Å². The maximum atomic E-state index is 12.3. The molecule has 0 radical (unpaired) electrons. The van der Waals surface area contributed by atoms with E-state index in [1.165, 1.54) is 12.1 Å². The summed E-state index contributed by atoms with van der Waals surface area (Å²) in [5.41, 5.74) is 0.325. The highest BCUT2D eigenvalue weighted by molar-refractivity contribution is 9.10. The fourth-order valence-electron chi connectivity index (χ4n) is 1.11. The zero-order valence-electron chi connectivity index (χ0n) is 10.2. The molecule has 0 fully saturated rings. The summed E-state index contributed by atoms with van der Waals surface area (Å²) in [6.45, 7) is 3.27. The summed E-state index contributed by atoms with van der Waals surface area (Å²) < 4.78 is 46.2. The minimum Gasteiger partial charge on any atom is -0.325 e. The van der Waals surface area contributed by atoms with Gasteiger partial charge in [0.1, 0.15) is 0 Å². The molecule has 0 aliphatic rings. The Hall–Kier alpha value is -1.02. The van der Waals surface area contributed by atoms with E-state index in [9.17, 15) is 22.0 Å². The Morgan fingerprint density at radius 2 is 1.74 bits per heavy atom. The summed E-state index contributed by atoms with van der Waals surface area (Å²) >= 11 is 3.16. The van der Waals surface area contributed by atoms with Crippen molar-refractivity contribution in [3.8, 4) is 0 Å². The maximum Gasteiger partial charge on any atom is 0.341 e. The molecule has 0 unspecified atom stereocenters. The Balaban J connectivity index is 2.93. The Bertz CT molecular complexity index is 565. The lowest BCUT2D eigenvalue weighted by molar-refractivity contribution is -0.117. The quantitative estimate of drug-likeness (QED) is 0.844. The molecule has 8 heteroatoms. The number of nitrogens with one attached hydrogen (secondary N) is 1. The van der Waals surface area contributed by atoms with Gasteiger partial charge in [0.05, 0.1) is 9.22 Å². The van der Waals surface area contributed by atoms with Crippen molar-refractivity contribution in [2.75, 3.05) is 5.32 Å². The molecule has 0 aromatic heterocycles. The van der Waals surface area contributed by atoms with Crippen LogP contribution in [0, 0.1) is 0 Å². The second-order valence-corrected chi connectivity index (χ2v) is 8.16. The second-order valence-electron chi connectivity index (χ2n) is 4.26. The van der Waals surface area contributed by atoms with Crippen LogP contribution in [0.5, 0.6) is 0 Å². The number of anilines is 1. The van der Waals surface area contributed by atoms with Gasteiger partial charge in [0.15, 0.2) is 0 Å². The van der Waals surface area contributed by atoms with Gasteiger partial charge in [0.25, 0.3) is 0 Å². The molecule has 1 amide bonds. The Kier molecular flexibility index (Phi) is 4.67. The van der Waals surface area contributed by atoms with Gasteiger partial charge in [-0.2, -0.15) is 8.78 Å². The van der Waals surface area contributed by atoms with Crippen molar-refractivity contribution >= 4 is 37.4 Å². The molecule has 4 nitrogen and oxygen atoms in total. The number of halogens is 3. The van der Waals surface area contributed by atoms with E-state index >= 15 is 0 Å². The first-order valence-electron chi connectivity index (χ1n) is 5.17. The minimum absolute atomic E-state index is 0.325. The highest BCUT2D eigenvalue weighted by Gasteiger charge is 2.27. The molecule has 19 heavy (non-hydrogen) atoms. The summed E-state index contributed by atoms with van der Waals surface area (Å²) in [5, 5.41) is 2.52. The number of amides is 1. The molecule has 1 rings (SSSR count). The topological polar surface area (TPSA) is 63.2 Å². The van der Waals surface area contributed by atoms with Crippen LogP contribution in [0.1, 0.15) is 13.8 Å². The Morgan fingerprint density at radius 1 is 1.26 bits per heavy atom. The van der Waals surface area contributed by atoms with Gasteiger partial charge < -0.3 is 5.32 Å². The Morgan fingerprint density at radius 3 is 2.11 bits per heavy atom. The fraction of sp³-hybridized carbons (Fsp3) is 0.364. The molecule has 0 spiro atoms. The normalized spacial score (nSPS) is 12.5. The molecule has 0 aliphatic carbocycles. The predicted octanol–water partition coefficient (Wildman–Crippen LogP) is 2.79. The van der Waals surface area contributed by atoms with Gasteiger partial charge in [-0.1, -0.05) is 15.9 Å². The third kappa shape index (κ3) is 3.97. The summed E-state index contributed by atoms with van der Waals surface area (Å²) in [7, 11) is -4.61. The van der Waals surface area contributed by atoms with Gasteiger partial charge in [-0.05, 0) is 38.1 Å². The summed E-state index contributed by atoms with van der Waals surface area (Å²) in [6.07, 6.45) is 0. The summed E-state index contributed by atoms with van der Waals surface area (Å²) in [5.74, 6) is -3.80. The molecule has 0 atom stereocenters. The van der Waals surface area contributed by atoms with Crippen molar-refractivity contribution in [3.63, 3.8) is 0 Å². The van der Waals surface area contributed by atoms with Gasteiger partial charge in [-0.3, -0.25) is 4.79 Å². The van der Waals surface area contributed by atoms with Crippen LogP contribution in [0.25, 0.3) is 0 Å². The highest BCUT2D eigenvalue weighted by Crippen LogP contribution is 2.22. The average Bonchev–Trinajstić information content (AvgIpc) is 2.28. The largest absolute Gasteiger partial charge is 0.341 e. The molecule has 106 valence electrons. The van der Waals surface area contributed by atoms with Crippen molar-refractivity contribution in [3.05, 3.63) is 24.3 Å². The van der Waals surface area contributed by atoms with Crippen molar-refractivity contribution in [1.29, 1.82) is 0 Å². The number of hydrogen-bond acceptors (Lipinski definition) is 3. The molecule has 0 heterocycles. The first-order valence-corrected chi connectivity index (χ1v) is 7.51. The summed E-state index contributed by atoms with van der Waals surface area (Å²) in [4.78, 5) is 11.1. The molecule has 1 aromatic rings. The van der Waals surface area contributed by atoms with E-state index in [0.717, 1.165) is 12.1 Å². The van der Waals surface area contributed by atoms with Crippen LogP contribution in [-0.4, -0.2) is 24.4 Å². The van der Waals surface area contributed by atoms with Gasteiger partial charge in [0.2, 0.25) is 15.7 Å². The molecule has 0 saturated heterocycles. The van der Waals surface area contributed by atoms with Crippen LogP contribution in [0.3, 0.4) is 0 Å². The lowest BCUT2D eigenvalue weighted by Crippen LogP contribution is -2.30. The fourth-order valence-corrected chi connectivity index (χ4v) is 1.93. The van der Waals surface area contributed by atoms with Crippen LogP contribution in [0.4, 0.5) is 14.5 Å². The van der Waals surface area contributed by atoms with Crippen LogP contribution in [0.15, 0.2) is 29.2 Å². The molecule has 1 N–H and O–H groups in total. The maximum absolute atomic E-state index is 12.3. The number of sulfone groups is 1.